The topological polar surface area (TPSA) is 75.6 Å². The van der Waals surface area contributed by atoms with Gasteiger partial charge in [0, 0.05) is 10.6 Å². The maximum absolute atomic E-state index is 12.4. The molecule has 1 amide bonds. The normalized spacial score (nSPS) is 11.0. The van der Waals surface area contributed by atoms with Gasteiger partial charge in [-0.25, -0.2) is 4.79 Å². The number of hydrogen-bond acceptors (Lipinski definition) is 4. The van der Waals surface area contributed by atoms with Crippen molar-refractivity contribution in [2.75, 3.05) is 11.9 Å². The van der Waals surface area contributed by atoms with Crippen molar-refractivity contribution in [1.82, 2.24) is 0 Å². The lowest BCUT2D eigenvalue weighted by Crippen LogP contribution is -2.33. The smallest absolute Gasteiger partial charge is 0.341 e. The summed E-state index contributed by atoms with van der Waals surface area (Å²) in [5, 5.41) is 13.3. The molecule has 0 radical (unpaired) electrons. The van der Waals surface area contributed by atoms with Crippen molar-refractivity contribution in [2.24, 2.45) is 0 Å². The summed E-state index contributed by atoms with van der Waals surface area (Å²) in [5.41, 5.74) is 0.0180. The number of carbonyl (C=O) groups is 2. The third kappa shape index (κ3) is 3.85. The number of carboxylic acid groups (broad SMARTS) is 1. The fourth-order valence-electron chi connectivity index (χ4n) is 1.81. The molecule has 0 aliphatic rings. The van der Waals surface area contributed by atoms with E-state index in [2.05, 4.69) is 5.32 Å². The molecule has 2 N–H and O–H groups in total. The molecule has 6 heteroatoms. The zero-order valence-corrected chi connectivity index (χ0v) is 13.1. The standard InChI is InChI=1S/C16H17NO4S/c1-16(2,13-4-3-9-22-13)15(20)17-11-5-7-12(8-6-11)21-10-14(18)19/h3-9H,10H2,1-2H3,(H,17,20)(H,18,19). The first-order valence-corrected chi connectivity index (χ1v) is 7.57. The minimum atomic E-state index is -1.03. The molecule has 22 heavy (non-hydrogen) atoms. The molecule has 0 saturated carbocycles. The first kappa shape index (κ1) is 16.0. The van der Waals surface area contributed by atoms with Crippen molar-refractivity contribution in [1.29, 1.82) is 0 Å². The molecule has 0 fully saturated rings. The Labute approximate surface area is 132 Å². The zero-order chi connectivity index (χ0) is 16.2. The van der Waals surface area contributed by atoms with Crippen LogP contribution in [0.5, 0.6) is 5.75 Å². The van der Waals surface area contributed by atoms with E-state index >= 15 is 0 Å². The summed E-state index contributed by atoms with van der Waals surface area (Å²) in [5.74, 6) is -0.692. The van der Waals surface area contributed by atoms with Gasteiger partial charge in [-0.15, -0.1) is 11.3 Å². The summed E-state index contributed by atoms with van der Waals surface area (Å²) in [7, 11) is 0. The Morgan fingerprint density at radius 1 is 1.23 bits per heavy atom. The molecule has 0 aliphatic heterocycles. The second-order valence-corrected chi connectivity index (χ2v) is 6.21. The highest BCUT2D eigenvalue weighted by Crippen LogP contribution is 2.29. The molecule has 0 bridgehead atoms. The molecule has 1 heterocycles. The molecule has 0 aliphatic carbocycles. The number of anilines is 1. The van der Waals surface area contributed by atoms with Crippen LogP contribution in [0.2, 0.25) is 0 Å². The van der Waals surface area contributed by atoms with E-state index in [4.69, 9.17) is 9.84 Å². The zero-order valence-electron chi connectivity index (χ0n) is 12.3. The second-order valence-electron chi connectivity index (χ2n) is 5.26. The maximum Gasteiger partial charge on any atom is 0.341 e. The quantitative estimate of drug-likeness (QED) is 0.858. The van der Waals surface area contributed by atoms with Gasteiger partial charge in [-0.2, -0.15) is 0 Å². The average Bonchev–Trinajstić information content (AvgIpc) is 3.01. The number of thiophene rings is 1. The van der Waals surface area contributed by atoms with E-state index in [-0.39, 0.29) is 5.91 Å². The van der Waals surface area contributed by atoms with Gasteiger partial charge in [-0.1, -0.05) is 6.07 Å². The van der Waals surface area contributed by atoms with E-state index in [1.165, 1.54) is 0 Å². The van der Waals surface area contributed by atoms with Crippen molar-refractivity contribution in [2.45, 2.75) is 19.3 Å². The van der Waals surface area contributed by atoms with Crippen LogP contribution in [-0.2, 0) is 15.0 Å². The number of aliphatic carboxylic acids is 1. The molecule has 116 valence electrons. The van der Waals surface area contributed by atoms with E-state index in [9.17, 15) is 9.59 Å². The molecule has 5 nitrogen and oxygen atoms in total. The number of ether oxygens (including phenoxy) is 1. The summed E-state index contributed by atoms with van der Waals surface area (Å²) in [4.78, 5) is 23.8. The van der Waals surface area contributed by atoms with E-state index in [0.717, 1.165) is 4.88 Å². The SMILES string of the molecule is CC(C)(C(=O)Nc1ccc(OCC(=O)O)cc1)c1cccs1. The van der Waals surface area contributed by atoms with Crippen LogP contribution in [0.1, 0.15) is 18.7 Å². The van der Waals surface area contributed by atoms with E-state index in [0.29, 0.717) is 11.4 Å². The third-order valence-corrected chi connectivity index (χ3v) is 4.37. The first-order chi connectivity index (χ1) is 10.4. The summed E-state index contributed by atoms with van der Waals surface area (Å²) in [6.45, 7) is 3.36. The lowest BCUT2D eigenvalue weighted by atomic mass is 9.90. The Bertz CT molecular complexity index is 647. The molecule has 1 aromatic heterocycles. The van der Waals surface area contributed by atoms with Crippen LogP contribution >= 0.6 is 11.3 Å². The predicted molar refractivity (Wildman–Crippen MR) is 85.5 cm³/mol. The minimum absolute atomic E-state index is 0.103. The summed E-state index contributed by atoms with van der Waals surface area (Å²) in [6, 6.07) is 10.5. The summed E-state index contributed by atoms with van der Waals surface area (Å²) >= 11 is 1.54. The van der Waals surface area contributed by atoms with Crippen LogP contribution in [-0.4, -0.2) is 23.6 Å². The van der Waals surface area contributed by atoms with E-state index in [1.54, 1.807) is 35.6 Å². The highest BCUT2D eigenvalue weighted by Gasteiger charge is 2.30. The number of nitrogens with one attached hydrogen (secondary N) is 1. The number of benzene rings is 1. The largest absolute Gasteiger partial charge is 0.482 e. The first-order valence-electron chi connectivity index (χ1n) is 6.69. The maximum atomic E-state index is 12.4. The highest BCUT2D eigenvalue weighted by atomic mass is 32.1. The summed E-state index contributed by atoms with van der Waals surface area (Å²) in [6.07, 6.45) is 0. The Morgan fingerprint density at radius 2 is 1.91 bits per heavy atom. The van der Waals surface area contributed by atoms with Crippen LogP contribution in [0.15, 0.2) is 41.8 Å². The van der Waals surface area contributed by atoms with Gasteiger partial charge >= 0.3 is 5.97 Å². The molecule has 2 rings (SSSR count). The minimum Gasteiger partial charge on any atom is -0.482 e. The molecular weight excluding hydrogens is 302 g/mol. The van der Waals surface area contributed by atoms with Crippen molar-refractivity contribution in [3.8, 4) is 5.75 Å². The Kier molecular flexibility index (Phi) is 4.82. The number of carboxylic acids is 1. The Hall–Kier alpha value is -2.34. The number of hydrogen-bond donors (Lipinski definition) is 2. The van der Waals surface area contributed by atoms with Crippen LogP contribution < -0.4 is 10.1 Å². The van der Waals surface area contributed by atoms with Crippen molar-refractivity contribution < 1.29 is 19.4 Å². The molecule has 0 atom stereocenters. The molecular formula is C16H17NO4S. The van der Waals surface area contributed by atoms with Gasteiger partial charge in [-0.3, -0.25) is 4.79 Å². The van der Waals surface area contributed by atoms with Gasteiger partial charge in [0.15, 0.2) is 6.61 Å². The fraction of sp³-hybridized carbons (Fsp3) is 0.250. The summed E-state index contributed by atoms with van der Waals surface area (Å²) < 4.78 is 5.04. The van der Waals surface area contributed by atoms with Gasteiger partial charge in [0.05, 0.1) is 5.41 Å². The van der Waals surface area contributed by atoms with Crippen LogP contribution in [0.4, 0.5) is 5.69 Å². The third-order valence-electron chi connectivity index (χ3n) is 3.18. The highest BCUT2D eigenvalue weighted by molar-refractivity contribution is 7.10. The van der Waals surface area contributed by atoms with Gasteiger partial charge in [0.1, 0.15) is 5.75 Å². The van der Waals surface area contributed by atoms with Crippen molar-refractivity contribution in [3.05, 3.63) is 46.7 Å². The Balaban J connectivity index is 2.01. The van der Waals surface area contributed by atoms with E-state index < -0.39 is 18.0 Å². The Morgan fingerprint density at radius 3 is 2.45 bits per heavy atom. The molecule has 0 spiro atoms. The van der Waals surface area contributed by atoms with Gasteiger partial charge in [-0.05, 0) is 49.6 Å². The predicted octanol–water partition coefficient (Wildman–Crippen LogP) is 3.13. The van der Waals surface area contributed by atoms with Gasteiger partial charge in [0.25, 0.3) is 0 Å². The molecule has 0 saturated heterocycles. The van der Waals surface area contributed by atoms with Gasteiger partial charge in [0.2, 0.25) is 5.91 Å². The molecule has 1 aromatic carbocycles. The number of rotatable bonds is 6. The lowest BCUT2D eigenvalue weighted by molar-refractivity contribution is -0.139. The number of carbonyl (C=O) groups excluding carboxylic acids is 1. The molecule has 0 unspecified atom stereocenters. The second kappa shape index (κ2) is 6.62. The van der Waals surface area contributed by atoms with Crippen LogP contribution in [0.25, 0.3) is 0 Å². The molecule has 2 aromatic rings. The fourth-order valence-corrected chi connectivity index (χ4v) is 2.66. The van der Waals surface area contributed by atoms with Crippen LogP contribution in [0.3, 0.4) is 0 Å². The van der Waals surface area contributed by atoms with E-state index in [1.807, 2.05) is 31.4 Å². The van der Waals surface area contributed by atoms with Gasteiger partial charge < -0.3 is 15.2 Å². The van der Waals surface area contributed by atoms with Crippen molar-refractivity contribution in [3.63, 3.8) is 0 Å². The average molecular weight is 319 g/mol. The monoisotopic (exact) mass is 319 g/mol. The number of amides is 1. The van der Waals surface area contributed by atoms with Crippen molar-refractivity contribution >= 4 is 28.9 Å². The lowest BCUT2D eigenvalue weighted by Gasteiger charge is -2.22. The van der Waals surface area contributed by atoms with Crippen LogP contribution in [0, 0.1) is 0 Å².